The summed E-state index contributed by atoms with van der Waals surface area (Å²) < 4.78 is 0. The molecule has 0 atom stereocenters. The first-order valence-electron chi connectivity index (χ1n) is 0. The summed E-state index contributed by atoms with van der Waals surface area (Å²) in [7, 11) is 0. The SMILES string of the molecule is [Gd].[H-].[H-].[Mg+2].[Y].[Zr]. The van der Waals surface area contributed by atoms with Crippen molar-refractivity contribution in [2.45, 2.75) is 0 Å². The third-order valence-electron chi connectivity index (χ3n) is 0. The number of rotatable bonds is 0. The molecule has 0 aliphatic carbocycles. The van der Waals surface area contributed by atoms with E-state index in [1.54, 1.807) is 0 Å². The van der Waals surface area contributed by atoms with Crippen LogP contribution in [-0.2, 0) is 58.9 Å². The largest absolute Gasteiger partial charge is 2.00 e. The minimum Gasteiger partial charge on any atom is -1.00 e. The standard InChI is InChI=1S/Gd.Mg.Y.Zr.2H/q;+2;;;2*-1. The summed E-state index contributed by atoms with van der Waals surface area (Å²) in [6.45, 7) is 0. The van der Waals surface area contributed by atoms with Crippen LogP contribution in [-0.4, -0.2) is 23.1 Å². The van der Waals surface area contributed by atoms with Crippen LogP contribution in [0.15, 0.2) is 0 Å². The van der Waals surface area contributed by atoms with Crippen molar-refractivity contribution < 1.29 is 102 Å². The van der Waals surface area contributed by atoms with Crippen LogP contribution in [0.3, 0.4) is 0 Å². The maximum atomic E-state index is 0. The maximum Gasteiger partial charge on any atom is 2.00 e. The predicted octanol–water partition coefficient (Wildman–Crippen LogP) is -0.161. The van der Waals surface area contributed by atoms with E-state index in [-0.39, 0.29) is 125 Å². The molecule has 4 heavy (non-hydrogen) atoms. The maximum absolute atomic E-state index is 0. The van der Waals surface area contributed by atoms with Gasteiger partial charge < -0.3 is 2.85 Å². The molecule has 0 heterocycles. The summed E-state index contributed by atoms with van der Waals surface area (Å²) in [6, 6.07) is 0. The molecule has 19 valence electrons. The van der Waals surface area contributed by atoms with Crippen LogP contribution >= 0.6 is 0 Å². The summed E-state index contributed by atoms with van der Waals surface area (Å²) in [6.07, 6.45) is 0. The molecule has 0 fully saturated rings. The molecule has 0 saturated carbocycles. The van der Waals surface area contributed by atoms with E-state index in [2.05, 4.69) is 0 Å². The van der Waals surface area contributed by atoms with E-state index in [4.69, 9.17) is 0 Å². The van der Waals surface area contributed by atoms with Crippen molar-refractivity contribution in [3.63, 3.8) is 0 Å². The van der Waals surface area contributed by atoms with Gasteiger partial charge in [0.05, 0.1) is 0 Å². The Morgan fingerprint density at radius 2 is 1.25 bits per heavy atom. The number of hydrogen-bond acceptors (Lipinski definition) is 0. The first-order valence-corrected chi connectivity index (χ1v) is 0. The zero-order valence-corrected chi connectivity index (χ0v) is 11.1. The second-order valence-corrected chi connectivity index (χ2v) is 0. The van der Waals surface area contributed by atoms with Gasteiger partial charge in [-0.1, -0.05) is 0 Å². The van der Waals surface area contributed by atoms with Crippen molar-refractivity contribution in [1.29, 1.82) is 0 Å². The Hall–Kier alpha value is 4.08. The Morgan fingerprint density at radius 1 is 1.25 bits per heavy atom. The van der Waals surface area contributed by atoms with Gasteiger partial charge in [-0.2, -0.15) is 0 Å². The van der Waals surface area contributed by atoms with Crippen LogP contribution < -0.4 is 0 Å². The quantitative estimate of drug-likeness (QED) is 0.525. The van der Waals surface area contributed by atoms with Crippen LogP contribution in [0.2, 0.25) is 0 Å². The Bertz CT molecular complexity index is 13.5. The van der Waals surface area contributed by atoms with E-state index in [1.165, 1.54) is 0 Å². The average molecular weight is 364 g/mol. The van der Waals surface area contributed by atoms with E-state index in [0.29, 0.717) is 0 Å². The molecule has 1 radical (unpaired) electrons. The van der Waals surface area contributed by atoms with Gasteiger partial charge in [-0.05, 0) is 0 Å². The topological polar surface area (TPSA) is 0 Å². The summed E-state index contributed by atoms with van der Waals surface area (Å²) in [5, 5.41) is 0. The van der Waals surface area contributed by atoms with Crippen molar-refractivity contribution in [2.75, 3.05) is 0 Å². The van der Waals surface area contributed by atoms with Crippen molar-refractivity contribution in [3.05, 3.63) is 0 Å². The average Bonchev–Trinajstić information content (AvgIpc) is 0. The third-order valence-corrected chi connectivity index (χ3v) is 0. The van der Waals surface area contributed by atoms with Gasteiger partial charge in [-0.15, -0.1) is 0 Å². The fourth-order valence-electron chi connectivity index (χ4n) is 0. The van der Waals surface area contributed by atoms with Gasteiger partial charge in [0.15, 0.2) is 0 Å². The zero-order valence-electron chi connectivity index (χ0n) is 4.14. The molecule has 0 bridgehead atoms. The van der Waals surface area contributed by atoms with Crippen LogP contribution in [0.4, 0.5) is 0 Å². The Balaban J connectivity index is 0. The molecule has 0 N–H and O–H groups in total. The minimum absolute atomic E-state index is 0. The molecule has 0 aliphatic heterocycles. The summed E-state index contributed by atoms with van der Waals surface area (Å²) in [4.78, 5) is 0. The van der Waals surface area contributed by atoms with Crippen LogP contribution in [0.1, 0.15) is 2.85 Å². The van der Waals surface area contributed by atoms with Gasteiger partial charge in [0.1, 0.15) is 0 Å². The molecule has 0 spiro atoms. The Morgan fingerprint density at radius 3 is 1.25 bits per heavy atom. The predicted molar refractivity (Wildman–Crippen MR) is 7.98 cm³/mol. The van der Waals surface area contributed by atoms with E-state index in [0.717, 1.165) is 0 Å². The first-order chi connectivity index (χ1) is 0. The normalized spacial score (nSPS) is 0. The van der Waals surface area contributed by atoms with E-state index >= 15 is 0 Å². The van der Waals surface area contributed by atoms with Crippen molar-refractivity contribution in [3.8, 4) is 0 Å². The van der Waals surface area contributed by atoms with Crippen molar-refractivity contribution in [1.82, 2.24) is 0 Å². The zero-order chi connectivity index (χ0) is 0. The molecule has 0 rings (SSSR count). The van der Waals surface area contributed by atoms with Crippen LogP contribution in [0.25, 0.3) is 0 Å². The molecule has 0 unspecified atom stereocenters. The van der Waals surface area contributed by atoms with Gasteiger partial charge in [0.2, 0.25) is 0 Å². The smallest absolute Gasteiger partial charge is 1.00 e. The molecule has 0 aliphatic rings. The fraction of sp³-hybridized carbons (Fsp3) is 0. The van der Waals surface area contributed by atoms with E-state index in [9.17, 15) is 0 Å². The van der Waals surface area contributed by atoms with Gasteiger partial charge in [0.25, 0.3) is 0 Å². The fourth-order valence-corrected chi connectivity index (χ4v) is 0. The van der Waals surface area contributed by atoms with Gasteiger partial charge in [-0.3, -0.25) is 0 Å². The second-order valence-electron chi connectivity index (χ2n) is 0. The van der Waals surface area contributed by atoms with Crippen molar-refractivity contribution in [2.24, 2.45) is 0 Å². The van der Waals surface area contributed by atoms with E-state index in [1.807, 2.05) is 0 Å². The molecular formula is H2GdMgYZr. The molecule has 0 aromatic carbocycles. The molecule has 0 nitrogen and oxygen atoms in total. The summed E-state index contributed by atoms with van der Waals surface area (Å²) >= 11 is 0. The monoisotopic (exact) mass is 363 g/mol. The molecular weight excluding hydrogens is 362 g/mol. The first kappa shape index (κ1) is 24.3. The van der Waals surface area contributed by atoms with Crippen LogP contribution in [0, 0.1) is 39.9 Å². The van der Waals surface area contributed by atoms with Gasteiger partial charge in [-0.25, -0.2) is 0 Å². The second kappa shape index (κ2) is 15.7. The minimum atomic E-state index is 0. The van der Waals surface area contributed by atoms with Gasteiger partial charge >= 0.3 is 23.1 Å². The van der Waals surface area contributed by atoms with E-state index < -0.39 is 0 Å². The Kier molecular flexibility index (Phi) is 95.7. The summed E-state index contributed by atoms with van der Waals surface area (Å²) in [5.41, 5.74) is 0. The molecule has 0 saturated heterocycles. The van der Waals surface area contributed by atoms with Crippen molar-refractivity contribution >= 4 is 23.1 Å². The molecule has 0 aromatic rings. The molecule has 0 amide bonds. The molecule has 0 aromatic heterocycles. The van der Waals surface area contributed by atoms with Gasteiger partial charge in [0, 0.05) is 98.9 Å². The van der Waals surface area contributed by atoms with Crippen LogP contribution in [0.5, 0.6) is 0 Å². The Labute approximate surface area is 121 Å². The summed E-state index contributed by atoms with van der Waals surface area (Å²) in [5.74, 6) is 0. The third kappa shape index (κ3) is 9.42. The number of hydrogen-bond donors (Lipinski definition) is 0. The molecule has 4 heteroatoms.